The highest BCUT2D eigenvalue weighted by molar-refractivity contribution is 5.70. The molecule has 0 aromatic rings. The summed E-state index contributed by atoms with van der Waals surface area (Å²) < 4.78 is 0. The fraction of sp³-hybridized carbons (Fsp3) is 0.923. The molecule has 0 radical (unpaired) electrons. The average Bonchev–Trinajstić information content (AvgIpc) is 2.33. The molecule has 0 saturated heterocycles. The van der Waals surface area contributed by atoms with Crippen molar-refractivity contribution in [2.45, 2.75) is 58.6 Å². The molecule has 7 nitrogen and oxygen atoms in total. The Balaban J connectivity index is 2.53. The standard InChI is InChI=1S/C13H25N3O4/c1-9-8-10(6-7-11(9)12(17)18)20-14-16(19)15(5)13(2,3)4/h9-11H,6-8H2,1-5H3,(H-,14,17,18,19)/p+1. The molecule has 3 unspecified atom stereocenters. The first kappa shape index (κ1) is 16.5. The number of hydrogen-bond donors (Lipinski definition) is 2. The number of nitrogens with zero attached hydrogens (tertiary/aromatic N) is 3. The number of carbonyl (C=O) groups is 1. The summed E-state index contributed by atoms with van der Waals surface area (Å²) >= 11 is 0. The van der Waals surface area contributed by atoms with Crippen LogP contribution in [0.3, 0.4) is 0 Å². The number of hydrogen-bond acceptors (Lipinski definition) is 3. The third-order valence-corrected chi connectivity index (χ3v) is 3.95. The van der Waals surface area contributed by atoms with Gasteiger partial charge in [0.15, 0.2) is 0 Å². The minimum atomic E-state index is -0.746. The Morgan fingerprint density at radius 1 is 1.40 bits per heavy atom. The van der Waals surface area contributed by atoms with Crippen molar-refractivity contribution in [3.05, 3.63) is 0 Å². The van der Waals surface area contributed by atoms with Crippen molar-refractivity contribution in [2.24, 2.45) is 17.1 Å². The second-order valence-electron chi connectivity index (χ2n) is 6.51. The predicted molar refractivity (Wildman–Crippen MR) is 71.0 cm³/mol. The van der Waals surface area contributed by atoms with Gasteiger partial charge in [0.05, 0.1) is 18.5 Å². The summed E-state index contributed by atoms with van der Waals surface area (Å²) in [5.41, 5.74) is -0.282. The molecule has 116 valence electrons. The van der Waals surface area contributed by atoms with E-state index in [0.29, 0.717) is 24.2 Å². The first-order valence-electron chi connectivity index (χ1n) is 6.95. The van der Waals surface area contributed by atoms with Crippen LogP contribution in [0.1, 0.15) is 47.0 Å². The van der Waals surface area contributed by atoms with Gasteiger partial charge in [0.25, 0.3) is 10.2 Å². The van der Waals surface area contributed by atoms with E-state index in [-0.39, 0.29) is 23.5 Å². The van der Waals surface area contributed by atoms with Gasteiger partial charge in [-0.05, 0) is 46.0 Å². The van der Waals surface area contributed by atoms with Crippen molar-refractivity contribution in [3.63, 3.8) is 0 Å². The fourth-order valence-electron chi connectivity index (χ4n) is 2.24. The third-order valence-electron chi connectivity index (χ3n) is 3.95. The van der Waals surface area contributed by atoms with Gasteiger partial charge in [-0.1, -0.05) is 6.92 Å². The Hall–Kier alpha value is -1.53. The monoisotopic (exact) mass is 288 g/mol. The summed E-state index contributed by atoms with van der Waals surface area (Å²) in [4.78, 5) is 17.0. The van der Waals surface area contributed by atoms with E-state index < -0.39 is 5.97 Å². The van der Waals surface area contributed by atoms with Gasteiger partial charge < -0.3 is 9.94 Å². The molecule has 7 heteroatoms. The van der Waals surface area contributed by atoms with E-state index in [1.807, 2.05) is 27.7 Å². The molecule has 1 saturated carbocycles. The summed E-state index contributed by atoms with van der Waals surface area (Å²) in [7, 11) is 1.71. The van der Waals surface area contributed by atoms with Crippen LogP contribution in [-0.2, 0) is 9.63 Å². The maximum Gasteiger partial charge on any atom is 0.306 e. The highest BCUT2D eigenvalue weighted by Gasteiger charge is 2.34. The lowest BCUT2D eigenvalue weighted by Crippen LogP contribution is -2.43. The largest absolute Gasteiger partial charge is 0.481 e. The lowest BCUT2D eigenvalue weighted by atomic mass is 9.79. The molecule has 0 bridgehead atoms. The number of carboxylic acids is 1. The Bertz CT molecular complexity index is 378. The first-order chi connectivity index (χ1) is 9.12. The van der Waals surface area contributed by atoms with Gasteiger partial charge in [0.2, 0.25) is 0 Å². The molecule has 1 aliphatic rings. The van der Waals surface area contributed by atoms with E-state index in [1.54, 1.807) is 12.1 Å². The van der Waals surface area contributed by atoms with Crippen LogP contribution in [0.25, 0.3) is 0 Å². The van der Waals surface area contributed by atoms with Crippen molar-refractivity contribution in [1.82, 2.24) is 5.01 Å². The van der Waals surface area contributed by atoms with Gasteiger partial charge in [-0.15, -0.1) is 5.01 Å². The number of aliphatic carboxylic acids is 1. The van der Waals surface area contributed by atoms with Crippen molar-refractivity contribution in [1.29, 1.82) is 0 Å². The summed E-state index contributed by atoms with van der Waals surface area (Å²) in [6.07, 6.45) is 1.70. The van der Waals surface area contributed by atoms with Crippen LogP contribution >= 0.6 is 0 Å². The van der Waals surface area contributed by atoms with Crippen LogP contribution < -0.4 is 0 Å². The minimum Gasteiger partial charge on any atom is -0.481 e. The van der Waals surface area contributed by atoms with Crippen LogP contribution in [-0.4, -0.2) is 45.0 Å². The van der Waals surface area contributed by atoms with E-state index in [1.165, 1.54) is 0 Å². The molecule has 1 fully saturated rings. The normalized spacial score (nSPS) is 28.1. The van der Waals surface area contributed by atoms with Crippen LogP contribution in [0.4, 0.5) is 0 Å². The van der Waals surface area contributed by atoms with Gasteiger partial charge in [-0.3, -0.25) is 4.79 Å². The highest BCUT2D eigenvalue weighted by atomic mass is 16.7. The zero-order chi connectivity index (χ0) is 15.5. The number of rotatable bonds is 4. The Labute approximate surface area is 119 Å². The van der Waals surface area contributed by atoms with E-state index in [4.69, 9.17) is 9.94 Å². The molecule has 1 aliphatic carbocycles. The van der Waals surface area contributed by atoms with Crippen LogP contribution in [0.15, 0.2) is 5.28 Å². The molecular formula is C13H26N3O4+. The maximum atomic E-state index is 11.0. The lowest BCUT2D eigenvalue weighted by Gasteiger charge is -2.29. The van der Waals surface area contributed by atoms with Gasteiger partial charge in [-0.25, -0.2) is 5.21 Å². The van der Waals surface area contributed by atoms with Gasteiger partial charge in [0, 0.05) is 0 Å². The lowest BCUT2D eigenvalue weighted by molar-refractivity contribution is -0.946. The Morgan fingerprint density at radius 3 is 2.45 bits per heavy atom. The third kappa shape index (κ3) is 4.25. The Morgan fingerprint density at radius 2 is 2.00 bits per heavy atom. The van der Waals surface area contributed by atoms with E-state index in [0.717, 1.165) is 0 Å². The van der Waals surface area contributed by atoms with Crippen molar-refractivity contribution >= 4 is 5.97 Å². The predicted octanol–water partition coefficient (Wildman–Crippen LogP) is 2.31. The molecule has 0 aromatic heterocycles. The van der Waals surface area contributed by atoms with E-state index in [9.17, 15) is 10.0 Å². The molecule has 0 heterocycles. The van der Waals surface area contributed by atoms with Crippen molar-refractivity contribution in [2.75, 3.05) is 7.05 Å². The zero-order valence-electron chi connectivity index (χ0n) is 12.9. The molecule has 0 spiro atoms. The number of hydrazine groups is 1. The van der Waals surface area contributed by atoms with Crippen molar-refractivity contribution in [3.8, 4) is 0 Å². The molecule has 20 heavy (non-hydrogen) atoms. The van der Waals surface area contributed by atoms with Crippen LogP contribution in [0.5, 0.6) is 0 Å². The number of carboxylic acid groups (broad SMARTS) is 1. The molecule has 0 aliphatic heterocycles. The second kappa shape index (κ2) is 6.28. The Kier molecular flexibility index (Phi) is 5.19. The SMILES string of the molecule is CC1CC(O/N=[N+](\O)N(C)C(C)(C)C)CCC1C(=O)O. The van der Waals surface area contributed by atoms with Gasteiger partial charge in [-0.2, -0.15) is 0 Å². The molecule has 0 aromatic carbocycles. The second-order valence-corrected chi connectivity index (χ2v) is 6.51. The van der Waals surface area contributed by atoms with Gasteiger partial charge >= 0.3 is 5.97 Å². The first-order valence-corrected chi connectivity index (χ1v) is 6.95. The average molecular weight is 288 g/mol. The summed E-state index contributed by atoms with van der Waals surface area (Å²) in [6.45, 7) is 7.72. The quantitative estimate of drug-likeness (QED) is 0.471. The van der Waals surface area contributed by atoms with Crippen LogP contribution in [0, 0.1) is 11.8 Å². The highest BCUT2D eigenvalue weighted by Crippen LogP contribution is 2.31. The van der Waals surface area contributed by atoms with E-state index in [2.05, 4.69) is 5.28 Å². The van der Waals surface area contributed by atoms with Crippen LogP contribution in [0.2, 0.25) is 0 Å². The maximum absolute atomic E-state index is 11.0. The smallest absolute Gasteiger partial charge is 0.306 e. The van der Waals surface area contributed by atoms with Gasteiger partial charge in [0.1, 0.15) is 6.10 Å². The summed E-state index contributed by atoms with van der Waals surface area (Å²) in [5, 5.41) is 24.0. The fourth-order valence-corrected chi connectivity index (χ4v) is 2.24. The molecule has 0 amide bonds. The molecular weight excluding hydrogens is 262 g/mol. The zero-order valence-corrected chi connectivity index (χ0v) is 12.9. The molecule has 1 rings (SSSR count). The minimum absolute atomic E-state index is 0.0499. The van der Waals surface area contributed by atoms with E-state index >= 15 is 0 Å². The molecule has 3 atom stereocenters. The summed E-state index contributed by atoms with van der Waals surface area (Å²) in [6, 6.07) is 0. The summed E-state index contributed by atoms with van der Waals surface area (Å²) in [5.74, 6) is -1.00. The van der Waals surface area contributed by atoms with Crippen molar-refractivity contribution < 1.29 is 24.9 Å². The molecule has 2 N–H and O–H groups in total. The topological polar surface area (TPSA) is 85.4 Å².